The van der Waals surface area contributed by atoms with Crippen molar-refractivity contribution in [3.05, 3.63) is 288 Å². The maximum atomic E-state index is 2.55. The second-order valence-corrected chi connectivity index (χ2v) is 23.1. The van der Waals surface area contributed by atoms with E-state index >= 15 is 0 Å². The molecule has 1 spiro atoms. The van der Waals surface area contributed by atoms with Gasteiger partial charge in [-0.3, -0.25) is 0 Å². The second-order valence-electron chi connectivity index (χ2n) is 23.1. The Hall–Kier alpha value is -8.98. The number of fused-ring (bicyclic) bond motifs is 13. The van der Waals surface area contributed by atoms with Gasteiger partial charge in [0.15, 0.2) is 0 Å². The largest absolute Gasteiger partial charge is 0.310 e. The van der Waals surface area contributed by atoms with Gasteiger partial charge in [-0.2, -0.15) is 0 Å². The van der Waals surface area contributed by atoms with Crippen LogP contribution in [0.4, 0.5) is 17.1 Å². The minimum Gasteiger partial charge on any atom is -0.310 e. The molecule has 1 heterocycles. The van der Waals surface area contributed by atoms with Gasteiger partial charge < -0.3 is 9.47 Å². The topological polar surface area (TPSA) is 8.17 Å². The Morgan fingerprint density at radius 1 is 0.395 bits per heavy atom. The highest BCUT2D eigenvalue weighted by Crippen LogP contribution is 2.63. The minimum atomic E-state index is -0.444. The van der Waals surface area contributed by atoms with Crippen molar-refractivity contribution >= 4 is 38.9 Å². The zero-order chi connectivity index (χ0) is 53.9. The van der Waals surface area contributed by atoms with Crippen molar-refractivity contribution in [1.82, 2.24) is 4.57 Å². The summed E-state index contributed by atoms with van der Waals surface area (Å²) in [5, 5.41) is 2.78. The first-order valence-corrected chi connectivity index (χ1v) is 29.9. The minimum absolute atomic E-state index is 0.444. The number of aromatic nitrogens is 1. The van der Waals surface area contributed by atoms with Gasteiger partial charge in [0.05, 0.1) is 22.1 Å². The fraction of sp³-hybridized carbons (Fsp3) is 0.165. The van der Waals surface area contributed by atoms with Crippen LogP contribution in [0.2, 0.25) is 0 Å². The first kappa shape index (κ1) is 49.1. The molecule has 11 aromatic carbocycles. The third kappa shape index (κ3) is 8.29. The predicted molar refractivity (Wildman–Crippen MR) is 342 cm³/mol. The van der Waals surface area contributed by atoms with Crippen molar-refractivity contribution in [2.45, 2.75) is 82.5 Å². The fourth-order valence-corrected chi connectivity index (χ4v) is 14.6. The van der Waals surface area contributed by atoms with E-state index in [0.29, 0.717) is 5.92 Å². The third-order valence-electron chi connectivity index (χ3n) is 18.5. The van der Waals surface area contributed by atoms with Crippen LogP contribution in [-0.4, -0.2) is 4.57 Å². The maximum absolute atomic E-state index is 2.55. The highest BCUT2D eigenvalue weighted by Gasteiger charge is 2.51. The molecule has 81 heavy (non-hydrogen) atoms. The van der Waals surface area contributed by atoms with Crippen LogP contribution < -0.4 is 4.90 Å². The second kappa shape index (κ2) is 20.6. The molecule has 0 bridgehead atoms. The van der Waals surface area contributed by atoms with E-state index in [1.807, 2.05) is 0 Å². The van der Waals surface area contributed by atoms with Crippen LogP contribution in [0.3, 0.4) is 0 Å². The Labute approximate surface area is 477 Å². The van der Waals surface area contributed by atoms with Gasteiger partial charge >= 0.3 is 0 Å². The molecule has 0 aliphatic heterocycles. The van der Waals surface area contributed by atoms with Gasteiger partial charge in [0, 0.05) is 33.4 Å². The number of rotatable bonds is 13. The van der Waals surface area contributed by atoms with Crippen LogP contribution in [0.5, 0.6) is 0 Å². The lowest BCUT2D eigenvalue weighted by Crippen LogP contribution is -2.26. The van der Waals surface area contributed by atoms with E-state index in [9.17, 15) is 0 Å². The monoisotopic (exact) mass is 1040 g/mol. The first-order chi connectivity index (χ1) is 40.1. The zero-order valence-corrected chi connectivity index (χ0v) is 46.3. The Balaban J connectivity index is 0.766. The molecule has 1 fully saturated rings. The molecule has 12 aromatic rings. The average Bonchev–Trinajstić information content (AvgIpc) is 2.54. The quantitative estimate of drug-likeness (QED) is 0.105. The van der Waals surface area contributed by atoms with E-state index < -0.39 is 5.41 Å². The van der Waals surface area contributed by atoms with Crippen molar-refractivity contribution in [2.75, 3.05) is 4.90 Å². The van der Waals surface area contributed by atoms with Gasteiger partial charge in [-0.15, -0.1) is 0 Å². The van der Waals surface area contributed by atoms with Crippen LogP contribution >= 0.6 is 0 Å². The number of benzene rings is 11. The molecule has 0 radical (unpaired) electrons. The van der Waals surface area contributed by atoms with Crippen LogP contribution in [0.15, 0.2) is 255 Å². The highest BCUT2D eigenvalue weighted by atomic mass is 15.1. The molecule has 1 aromatic heterocycles. The summed E-state index contributed by atoms with van der Waals surface area (Å²) in [7, 11) is 0. The number of unbranched alkanes of at least 4 members (excludes halogenated alkanes) is 3. The number of hydrogen-bond acceptors (Lipinski definition) is 1. The molecule has 3 aliphatic carbocycles. The average molecular weight is 1040 g/mol. The number of para-hydroxylation sites is 1. The number of nitrogens with zero attached hydrogens (tertiary/aromatic N) is 2. The van der Waals surface area contributed by atoms with E-state index in [0.717, 1.165) is 23.5 Å². The number of hydrogen-bond donors (Lipinski definition) is 0. The van der Waals surface area contributed by atoms with Crippen molar-refractivity contribution in [2.24, 2.45) is 0 Å². The molecule has 2 heteroatoms. The van der Waals surface area contributed by atoms with Crippen LogP contribution in [0.25, 0.3) is 83.1 Å². The van der Waals surface area contributed by atoms with E-state index in [1.54, 1.807) is 0 Å². The number of aryl methyl sites for hydroxylation is 1. The summed E-state index contributed by atoms with van der Waals surface area (Å²) in [6.45, 7) is 2.30. The zero-order valence-electron chi connectivity index (χ0n) is 46.3. The van der Waals surface area contributed by atoms with Gasteiger partial charge in [-0.1, -0.05) is 234 Å². The first-order valence-electron chi connectivity index (χ1n) is 29.9. The molecule has 1 saturated carbocycles. The van der Waals surface area contributed by atoms with Crippen molar-refractivity contribution < 1.29 is 0 Å². The highest BCUT2D eigenvalue weighted by molar-refractivity contribution is 6.10. The lowest BCUT2D eigenvalue weighted by Gasteiger charge is -2.32. The molecular weight excluding hydrogens is 977 g/mol. The summed E-state index contributed by atoms with van der Waals surface area (Å²) in [5.74, 6) is 0.673. The van der Waals surface area contributed by atoms with E-state index in [2.05, 4.69) is 271 Å². The summed E-state index contributed by atoms with van der Waals surface area (Å²) in [6.07, 6.45) is 13.0. The number of anilines is 3. The van der Waals surface area contributed by atoms with Crippen LogP contribution in [-0.2, 0) is 11.8 Å². The summed E-state index contributed by atoms with van der Waals surface area (Å²) in [4.78, 5) is 2.48. The van der Waals surface area contributed by atoms with Crippen molar-refractivity contribution in [1.29, 1.82) is 0 Å². The summed E-state index contributed by atoms with van der Waals surface area (Å²) in [6, 6.07) is 96.4. The van der Waals surface area contributed by atoms with Gasteiger partial charge in [0.25, 0.3) is 0 Å². The smallest absolute Gasteiger partial charge is 0.0726 e. The fourth-order valence-electron chi connectivity index (χ4n) is 14.6. The SMILES string of the molecule is CCCCCCc1ccc2c(c1)c1cc(C3CCCCC3)ccc1n2-c1ccc(-c2ccc(-c3ccc(N(c4ccc5c(c4)C4(c6ccccc6-c6ccccc64)c4ccccc4-5)c4ccccc4-c4ccccc4)cc3)cc2)cc1. The molecular formula is C79H66N2. The molecule has 0 saturated heterocycles. The normalized spacial score (nSPS) is 14.0. The van der Waals surface area contributed by atoms with Gasteiger partial charge in [-0.05, 0) is 182 Å². The Morgan fingerprint density at radius 2 is 0.914 bits per heavy atom. The lowest BCUT2D eigenvalue weighted by molar-refractivity contribution is 0.444. The van der Waals surface area contributed by atoms with Crippen LogP contribution in [0, 0.1) is 0 Å². The molecule has 15 rings (SSSR count). The summed E-state index contributed by atoms with van der Waals surface area (Å²) < 4.78 is 2.50. The molecule has 0 unspecified atom stereocenters. The van der Waals surface area contributed by atoms with Gasteiger partial charge in [-0.25, -0.2) is 0 Å². The third-order valence-corrected chi connectivity index (χ3v) is 18.5. The molecule has 3 aliphatic rings. The lowest BCUT2D eigenvalue weighted by atomic mass is 9.70. The van der Waals surface area contributed by atoms with Gasteiger partial charge in [0.2, 0.25) is 0 Å². The van der Waals surface area contributed by atoms with E-state index in [1.165, 1.54) is 174 Å². The molecule has 0 N–H and O–H groups in total. The Morgan fingerprint density at radius 3 is 1.54 bits per heavy atom. The molecule has 0 amide bonds. The Bertz CT molecular complexity index is 4220. The van der Waals surface area contributed by atoms with E-state index in [-0.39, 0.29) is 0 Å². The summed E-state index contributed by atoms with van der Waals surface area (Å²) in [5.41, 5.74) is 27.4. The molecule has 0 atom stereocenters. The Kier molecular flexibility index (Phi) is 12.5. The standard InChI is InChI=1S/C79H66N2/c1-2-3-4-7-20-54-33-49-77-70(51-54)71-52-61(55-21-8-5-9-22-55)42-50-78(71)81(77)63-45-40-59(41-46-63)57-36-34-56(35-37-57)58-38-43-62(44-39-58)80(76-32-19-15-25-65(76)60-23-10-6-11-24-60)64-47-48-69-68-28-14-18-31-74(68)79(75(69)53-64)72-29-16-12-26-66(72)67-27-13-17-30-73(67)79/h6,10-19,23-53,55H,2-5,7-9,20-22H2,1H3. The van der Waals surface area contributed by atoms with E-state index in [4.69, 9.17) is 0 Å². The van der Waals surface area contributed by atoms with Crippen molar-refractivity contribution in [3.8, 4) is 61.3 Å². The maximum Gasteiger partial charge on any atom is 0.0726 e. The summed E-state index contributed by atoms with van der Waals surface area (Å²) >= 11 is 0. The van der Waals surface area contributed by atoms with Crippen molar-refractivity contribution in [3.63, 3.8) is 0 Å². The molecule has 2 nitrogen and oxygen atoms in total. The van der Waals surface area contributed by atoms with Crippen LogP contribution in [0.1, 0.15) is 104 Å². The molecule has 392 valence electrons. The predicted octanol–water partition coefficient (Wildman–Crippen LogP) is 21.8. The van der Waals surface area contributed by atoms with Gasteiger partial charge in [0.1, 0.15) is 0 Å².